The molecule has 142 valence electrons. The molecule has 27 heavy (non-hydrogen) atoms. The Kier molecular flexibility index (Phi) is 7.15. The van der Waals surface area contributed by atoms with Crippen molar-refractivity contribution in [2.45, 2.75) is 19.4 Å². The number of benzene rings is 2. The summed E-state index contributed by atoms with van der Waals surface area (Å²) in [6, 6.07) is 9.69. The highest BCUT2D eigenvalue weighted by Crippen LogP contribution is 2.28. The van der Waals surface area contributed by atoms with E-state index in [1.165, 1.54) is 12.1 Å². The predicted molar refractivity (Wildman–Crippen MR) is 101 cm³/mol. The van der Waals surface area contributed by atoms with Crippen molar-refractivity contribution in [1.82, 2.24) is 5.32 Å². The molecule has 0 bridgehead atoms. The maximum absolute atomic E-state index is 12.6. The van der Waals surface area contributed by atoms with Crippen molar-refractivity contribution < 1.29 is 19.2 Å². The summed E-state index contributed by atoms with van der Waals surface area (Å²) in [4.78, 5) is 34.8. The van der Waals surface area contributed by atoms with E-state index < -0.39 is 22.8 Å². The van der Waals surface area contributed by atoms with Crippen molar-refractivity contribution >= 4 is 40.8 Å². The van der Waals surface area contributed by atoms with Gasteiger partial charge in [0.2, 0.25) is 0 Å². The molecule has 0 saturated heterocycles. The number of amides is 1. The zero-order chi connectivity index (χ0) is 20.0. The number of hydrogen-bond acceptors (Lipinski definition) is 5. The lowest BCUT2D eigenvalue weighted by atomic mass is 10.0. The van der Waals surface area contributed by atoms with E-state index in [1.807, 2.05) is 0 Å². The van der Waals surface area contributed by atoms with Crippen LogP contribution < -0.4 is 5.32 Å². The first-order valence-corrected chi connectivity index (χ1v) is 8.74. The van der Waals surface area contributed by atoms with Crippen molar-refractivity contribution in [3.63, 3.8) is 0 Å². The zero-order valence-electron chi connectivity index (χ0n) is 14.3. The second-order valence-electron chi connectivity index (χ2n) is 5.48. The second kappa shape index (κ2) is 9.34. The molecule has 0 aliphatic carbocycles. The first-order valence-electron chi connectivity index (χ1n) is 7.98. The highest BCUT2D eigenvalue weighted by Gasteiger charge is 2.23. The first-order chi connectivity index (χ1) is 12.8. The molecule has 7 nitrogen and oxygen atoms in total. The number of nitro groups is 1. The molecule has 0 spiro atoms. The molecule has 2 rings (SSSR count). The topological polar surface area (TPSA) is 98.5 Å². The van der Waals surface area contributed by atoms with E-state index in [2.05, 4.69) is 5.32 Å². The van der Waals surface area contributed by atoms with Crippen molar-refractivity contribution in [3.8, 4) is 0 Å². The Morgan fingerprint density at radius 3 is 2.52 bits per heavy atom. The number of nitro benzene ring substituents is 1. The lowest BCUT2D eigenvalue weighted by molar-refractivity contribution is -0.384. The van der Waals surface area contributed by atoms with Gasteiger partial charge in [0, 0.05) is 16.7 Å². The summed E-state index contributed by atoms with van der Waals surface area (Å²) >= 11 is 12.0. The molecule has 0 radical (unpaired) electrons. The van der Waals surface area contributed by atoms with Crippen molar-refractivity contribution in [1.29, 1.82) is 0 Å². The fraction of sp³-hybridized carbons (Fsp3) is 0.222. The number of halogens is 2. The summed E-state index contributed by atoms with van der Waals surface area (Å²) in [6.07, 6.45) is -0.140. The van der Waals surface area contributed by atoms with Crippen LogP contribution in [0.1, 0.15) is 35.3 Å². The van der Waals surface area contributed by atoms with E-state index >= 15 is 0 Å². The van der Waals surface area contributed by atoms with Crippen LogP contribution in [0.25, 0.3) is 0 Å². The Labute approximate surface area is 165 Å². The van der Waals surface area contributed by atoms with Gasteiger partial charge in [-0.3, -0.25) is 19.7 Å². The average molecular weight is 411 g/mol. The monoisotopic (exact) mass is 410 g/mol. The molecule has 9 heteroatoms. The summed E-state index contributed by atoms with van der Waals surface area (Å²) in [6.45, 7) is 1.87. The molecule has 2 aromatic rings. The molecule has 0 aliphatic rings. The smallest absolute Gasteiger partial charge is 0.308 e. The Hall–Kier alpha value is -2.64. The molecule has 1 amide bonds. The van der Waals surface area contributed by atoms with Crippen LogP contribution in [0.4, 0.5) is 5.69 Å². The van der Waals surface area contributed by atoms with Gasteiger partial charge in [-0.1, -0.05) is 41.4 Å². The number of nitrogens with one attached hydrogen (secondary N) is 1. The molecular weight excluding hydrogens is 395 g/mol. The number of nitrogens with zero attached hydrogens (tertiary/aromatic N) is 1. The van der Waals surface area contributed by atoms with Crippen molar-refractivity contribution in [2.24, 2.45) is 0 Å². The van der Waals surface area contributed by atoms with Gasteiger partial charge in [-0.15, -0.1) is 0 Å². The van der Waals surface area contributed by atoms with E-state index in [0.29, 0.717) is 10.6 Å². The molecule has 0 aromatic heterocycles. The standard InChI is InChI=1S/C18H16Cl2N2O5/c1-2-27-17(23)10-15(12-5-3-4-6-13(12)19)21-18(24)11-7-8-14(20)16(9-11)22(25)26/h3-9,15H,2,10H2,1H3,(H,21,24). The highest BCUT2D eigenvalue weighted by atomic mass is 35.5. The Morgan fingerprint density at radius 1 is 1.19 bits per heavy atom. The molecule has 0 aliphatic heterocycles. The van der Waals surface area contributed by atoms with Crippen LogP contribution in [0.2, 0.25) is 10.0 Å². The number of esters is 1. The summed E-state index contributed by atoms with van der Waals surface area (Å²) in [7, 11) is 0. The third-order valence-corrected chi connectivity index (χ3v) is 4.33. The first kappa shape index (κ1) is 20.7. The molecule has 0 saturated carbocycles. The molecular formula is C18H16Cl2N2O5. The number of rotatable bonds is 7. The van der Waals surface area contributed by atoms with E-state index in [1.54, 1.807) is 31.2 Å². The number of carbonyl (C=O) groups is 2. The predicted octanol–water partition coefficient (Wildman–Crippen LogP) is 4.33. The Balaban J connectivity index is 2.30. The van der Waals surface area contributed by atoms with E-state index in [-0.39, 0.29) is 29.3 Å². The largest absolute Gasteiger partial charge is 0.466 e. The van der Waals surface area contributed by atoms with Gasteiger partial charge in [-0.25, -0.2) is 0 Å². The van der Waals surface area contributed by atoms with Crippen molar-refractivity contribution in [2.75, 3.05) is 6.61 Å². The third-order valence-electron chi connectivity index (χ3n) is 3.67. The van der Waals surface area contributed by atoms with Crippen molar-refractivity contribution in [3.05, 3.63) is 73.8 Å². The maximum atomic E-state index is 12.6. The van der Waals surface area contributed by atoms with Gasteiger partial charge in [0.05, 0.1) is 24.0 Å². The van der Waals surface area contributed by atoms with E-state index in [4.69, 9.17) is 27.9 Å². The number of hydrogen-bond donors (Lipinski definition) is 1. The number of carbonyl (C=O) groups excluding carboxylic acids is 2. The normalized spacial score (nSPS) is 11.5. The summed E-state index contributed by atoms with van der Waals surface area (Å²) in [5, 5.41) is 14.0. The lowest BCUT2D eigenvalue weighted by Gasteiger charge is -2.19. The van der Waals surface area contributed by atoms with Gasteiger partial charge in [0.25, 0.3) is 11.6 Å². The summed E-state index contributed by atoms with van der Waals surface area (Å²) < 4.78 is 4.95. The number of ether oxygens (including phenoxy) is 1. The Morgan fingerprint density at radius 2 is 1.89 bits per heavy atom. The van der Waals surface area contributed by atoms with Crippen LogP contribution in [0.5, 0.6) is 0 Å². The Bertz CT molecular complexity index is 873. The van der Waals surface area contributed by atoms with Gasteiger partial charge < -0.3 is 10.1 Å². The average Bonchev–Trinajstić information content (AvgIpc) is 2.61. The van der Waals surface area contributed by atoms with Gasteiger partial charge in [-0.05, 0) is 30.7 Å². The van der Waals surface area contributed by atoms with Crippen LogP contribution in [0.3, 0.4) is 0 Å². The minimum Gasteiger partial charge on any atom is -0.466 e. The van der Waals surface area contributed by atoms with Gasteiger partial charge in [0.15, 0.2) is 0 Å². The molecule has 1 N–H and O–H groups in total. The molecule has 0 fully saturated rings. The summed E-state index contributed by atoms with van der Waals surface area (Å²) in [5.41, 5.74) is 0.181. The van der Waals surface area contributed by atoms with Gasteiger partial charge in [-0.2, -0.15) is 0 Å². The van der Waals surface area contributed by atoms with Crippen LogP contribution in [0.15, 0.2) is 42.5 Å². The van der Waals surface area contributed by atoms with Crippen LogP contribution in [-0.4, -0.2) is 23.4 Å². The van der Waals surface area contributed by atoms with Crippen LogP contribution in [0, 0.1) is 10.1 Å². The quantitative estimate of drug-likeness (QED) is 0.416. The summed E-state index contributed by atoms with van der Waals surface area (Å²) in [5.74, 6) is -1.12. The van der Waals surface area contributed by atoms with Crippen LogP contribution >= 0.6 is 23.2 Å². The molecule has 1 atom stereocenters. The van der Waals surface area contributed by atoms with Gasteiger partial charge >= 0.3 is 5.97 Å². The molecule has 1 unspecified atom stereocenters. The minimum absolute atomic E-state index is 0.0343. The molecule has 0 heterocycles. The van der Waals surface area contributed by atoms with Crippen LogP contribution in [-0.2, 0) is 9.53 Å². The third kappa shape index (κ3) is 5.42. The van der Waals surface area contributed by atoms with E-state index in [9.17, 15) is 19.7 Å². The fourth-order valence-corrected chi connectivity index (χ4v) is 2.87. The zero-order valence-corrected chi connectivity index (χ0v) is 15.8. The molecule has 2 aromatic carbocycles. The fourth-order valence-electron chi connectivity index (χ4n) is 2.42. The second-order valence-corrected chi connectivity index (χ2v) is 6.29. The lowest BCUT2D eigenvalue weighted by Crippen LogP contribution is -2.31. The van der Waals surface area contributed by atoms with Gasteiger partial charge in [0.1, 0.15) is 5.02 Å². The minimum atomic E-state index is -0.764. The maximum Gasteiger partial charge on any atom is 0.308 e. The SMILES string of the molecule is CCOC(=O)CC(NC(=O)c1ccc(Cl)c([N+](=O)[O-])c1)c1ccccc1Cl. The highest BCUT2D eigenvalue weighted by molar-refractivity contribution is 6.32. The van der Waals surface area contributed by atoms with E-state index in [0.717, 1.165) is 6.07 Å².